The first-order valence-corrected chi connectivity index (χ1v) is 7.05. The lowest BCUT2D eigenvalue weighted by Gasteiger charge is -2.34. The van der Waals surface area contributed by atoms with Crippen LogP contribution < -0.4 is 0 Å². The number of carbonyl (C=O) groups excluding carboxylic acids is 1. The van der Waals surface area contributed by atoms with Crippen LogP contribution in [0.2, 0.25) is 5.02 Å². The van der Waals surface area contributed by atoms with Crippen molar-refractivity contribution < 1.29 is 9.18 Å². The molecule has 19 heavy (non-hydrogen) atoms. The molecule has 1 fully saturated rings. The van der Waals surface area contributed by atoms with E-state index in [-0.39, 0.29) is 10.9 Å². The summed E-state index contributed by atoms with van der Waals surface area (Å²) in [6, 6.07) is 4.07. The lowest BCUT2D eigenvalue weighted by molar-refractivity contribution is 0.0644. The van der Waals surface area contributed by atoms with Gasteiger partial charge in [-0.3, -0.25) is 9.69 Å². The third-order valence-electron chi connectivity index (χ3n) is 3.23. The molecule has 0 saturated carbocycles. The molecule has 1 amide bonds. The van der Waals surface area contributed by atoms with Crippen LogP contribution >= 0.6 is 23.2 Å². The van der Waals surface area contributed by atoms with Gasteiger partial charge in [0.1, 0.15) is 5.82 Å². The van der Waals surface area contributed by atoms with Crippen molar-refractivity contribution >= 4 is 29.1 Å². The molecule has 0 radical (unpaired) electrons. The first-order chi connectivity index (χ1) is 9.11. The van der Waals surface area contributed by atoms with Crippen molar-refractivity contribution in [2.24, 2.45) is 0 Å². The number of carbonyl (C=O) groups is 1. The zero-order valence-corrected chi connectivity index (χ0v) is 11.9. The predicted molar refractivity (Wildman–Crippen MR) is 74.5 cm³/mol. The summed E-state index contributed by atoms with van der Waals surface area (Å²) in [6.07, 6.45) is 0. The van der Waals surface area contributed by atoms with Gasteiger partial charge in [0.15, 0.2) is 0 Å². The topological polar surface area (TPSA) is 23.6 Å². The van der Waals surface area contributed by atoms with Crippen LogP contribution in [0.4, 0.5) is 4.39 Å². The summed E-state index contributed by atoms with van der Waals surface area (Å²) in [5, 5.41) is -0.0216. The molecule has 0 unspecified atom stereocenters. The molecule has 1 aromatic carbocycles. The highest BCUT2D eigenvalue weighted by Gasteiger charge is 2.22. The van der Waals surface area contributed by atoms with E-state index in [1.165, 1.54) is 18.2 Å². The summed E-state index contributed by atoms with van der Waals surface area (Å²) in [7, 11) is 0. The first-order valence-electron chi connectivity index (χ1n) is 6.14. The van der Waals surface area contributed by atoms with Crippen LogP contribution in [0.1, 0.15) is 10.4 Å². The molecule has 1 saturated heterocycles. The minimum atomic E-state index is -0.509. The molecule has 6 heteroatoms. The van der Waals surface area contributed by atoms with Gasteiger partial charge in [-0.05, 0) is 18.2 Å². The van der Waals surface area contributed by atoms with Crippen molar-refractivity contribution in [2.45, 2.75) is 0 Å². The van der Waals surface area contributed by atoms with Gasteiger partial charge in [-0.15, -0.1) is 11.6 Å². The second-order valence-electron chi connectivity index (χ2n) is 4.45. The van der Waals surface area contributed by atoms with Gasteiger partial charge < -0.3 is 4.90 Å². The van der Waals surface area contributed by atoms with E-state index in [4.69, 9.17) is 23.2 Å². The van der Waals surface area contributed by atoms with Crippen LogP contribution in [0.3, 0.4) is 0 Å². The molecule has 3 nitrogen and oxygen atoms in total. The Morgan fingerprint density at radius 2 is 1.95 bits per heavy atom. The molecule has 0 N–H and O–H groups in total. The first kappa shape index (κ1) is 14.6. The molecule has 0 bridgehead atoms. The lowest BCUT2D eigenvalue weighted by Crippen LogP contribution is -2.49. The minimum Gasteiger partial charge on any atom is -0.336 e. The van der Waals surface area contributed by atoms with Crippen LogP contribution in [-0.4, -0.2) is 54.3 Å². The number of nitrogens with zero attached hydrogens (tertiary/aromatic N) is 2. The Labute approximate surface area is 121 Å². The Bertz CT molecular complexity index is 462. The van der Waals surface area contributed by atoms with E-state index in [2.05, 4.69) is 4.90 Å². The van der Waals surface area contributed by atoms with Gasteiger partial charge in [-0.2, -0.15) is 0 Å². The van der Waals surface area contributed by atoms with Gasteiger partial charge in [-0.1, -0.05) is 11.6 Å². The highest BCUT2D eigenvalue weighted by Crippen LogP contribution is 2.18. The maximum atomic E-state index is 13.1. The Kier molecular flexibility index (Phi) is 5.02. The number of amides is 1. The summed E-state index contributed by atoms with van der Waals surface area (Å²) >= 11 is 11.4. The van der Waals surface area contributed by atoms with Crippen LogP contribution in [0, 0.1) is 5.82 Å². The molecule has 1 aromatic rings. The standard InChI is InChI=1S/C13H15Cl2FN2O/c14-3-4-17-5-7-18(8-6-17)13(19)10-1-2-12(16)11(15)9-10/h1-2,9H,3-8H2. The maximum Gasteiger partial charge on any atom is 0.253 e. The summed E-state index contributed by atoms with van der Waals surface area (Å²) in [6.45, 7) is 3.78. The molecular weight excluding hydrogens is 290 g/mol. The second kappa shape index (κ2) is 6.55. The maximum absolute atomic E-state index is 13.1. The molecule has 2 rings (SSSR count). The molecule has 0 spiro atoms. The molecular formula is C13H15Cl2FN2O. The van der Waals surface area contributed by atoms with Gasteiger partial charge in [0.2, 0.25) is 0 Å². The van der Waals surface area contributed by atoms with Crippen LogP contribution in [0.5, 0.6) is 0 Å². The van der Waals surface area contributed by atoms with E-state index in [9.17, 15) is 9.18 Å². The van der Waals surface area contributed by atoms with E-state index < -0.39 is 5.82 Å². The second-order valence-corrected chi connectivity index (χ2v) is 5.24. The Morgan fingerprint density at radius 3 is 2.53 bits per heavy atom. The van der Waals surface area contributed by atoms with Gasteiger partial charge in [0.25, 0.3) is 5.91 Å². The van der Waals surface area contributed by atoms with Crippen molar-refractivity contribution in [3.05, 3.63) is 34.6 Å². The van der Waals surface area contributed by atoms with Crippen molar-refractivity contribution in [3.63, 3.8) is 0 Å². The van der Waals surface area contributed by atoms with E-state index in [1.807, 2.05) is 0 Å². The SMILES string of the molecule is O=C(c1ccc(F)c(Cl)c1)N1CCN(CCCl)CC1. The molecule has 0 aromatic heterocycles. The summed E-state index contributed by atoms with van der Waals surface area (Å²) in [5.74, 6) is -0.0146. The third kappa shape index (κ3) is 3.59. The average Bonchev–Trinajstić information content (AvgIpc) is 2.42. The van der Waals surface area contributed by atoms with Crippen molar-refractivity contribution in [1.82, 2.24) is 9.80 Å². The zero-order valence-electron chi connectivity index (χ0n) is 10.4. The molecule has 0 atom stereocenters. The number of hydrogen-bond donors (Lipinski definition) is 0. The third-order valence-corrected chi connectivity index (χ3v) is 3.69. The Hall–Kier alpha value is -0.840. The fourth-order valence-corrected chi connectivity index (χ4v) is 2.53. The van der Waals surface area contributed by atoms with Gasteiger partial charge in [0, 0.05) is 44.2 Å². The highest BCUT2D eigenvalue weighted by molar-refractivity contribution is 6.31. The number of alkyl halides is 1. The van der Waals surface area contributed by atoms with Crippen LogP contribution in [0.15, 0.2) is 18.2 Å². The zero-order chi connectivity index (χ0) is 13.8. The molecule has 1 aliphatic rings. The van der Waals surface area contributed by atoms with E-state index in [1.54, 1.807) is 4.90 Å². The molecule has 1 heterocycles. The molecule has 1 aliphatic heterocycles. The Morgan fingerprint density at radius 1 is 1.26 bits per heavy atom. The summed E-state index contributed by atoms with van der Waals surface area (Å²) in [5.41, 5.74) is 0.428. The van der Waals surface area contributed by atoms with Gasteiger partial charge in [-0.25, -0.2) is 4.39 Å². The summed E-state index contributed by atoms with van der Waals surface area (Å²) in [4.78, 5) is 16.2. The monoisotopic (exact) mass is 304 g/mol. The smallest absolute Gasteiger partial charge is 0.253 e. The van der Waals surface area contributed by atoms with E-state index in [0.29, 0.717) is 24.5 Å². The van der Waals surface area contributed by atoms with Crippen molar-refractivity contribution in [1.29, 1.82) is 0 Å². The number of halogens is 3. The normalized spacial score (nSPS) is 16.7. The largest absolute Gasteiger partial charge is 0.336 e. The Balaban J connectivity index is 1.99. The number of hydrogen-bond acceptors (Lipinski definition) is 2. The molecule has 104 valence electrons. The minimum absolute atomic E-state index is 0.0216. The lowest BCUT2D eigenvalue weighted by atomic mass is 10.1. The summed E-state index contributed by atoms with van der Waals surface area (Å²) < 4.78 is 13.1. The van der Waals surface area contributed by atoms with Crippen molar-refractivity contribution in [3.8, 4) is 0 Å². The number of benzene rings is 1. The van der Waals surface area contributed by atoms with Crippen molar-refractivity contribution in [2.75, 3.05) is 38.6 Å². The average molecular weight is 305 g/mol. The number of rotatable bonds is 3. The highest BCUT2D eigenvalue weighted by atomic mass is 35.5. The number of piperazine rings is 1. The molecule has 0 aliphatic carbocycles. The fraction of sp³-hybridized carbons (Fsp3) is 0.462. The van der Waals surface area contributed by atoms with Gasteiger partial charge in [0.05, 0.1) is 5.02 Å². The van der Waals surface area contributed by atoms with Crippen LogP contribution in [0.25, 0.3) is 0 Å². The van der Waals surface area contributed by atoms with Gasteiger partial charge >= 0.3 is 0 Å². The van der Waals surface area contributed by atoms with E-state index in [0.717, 1.165) is 19.6 Å². The van der Waals surface area contributed by atoms with Crippen LogP contribution in [-0.2, 0) is 0 Å². The van der Waals surface area contributed by atoms with E-state index >= 15 is 0 Å². The quantitative estimate of drug-likeness (QED) is 0.801. The predicted octanol–water partition coefficient (Wildman–Crippen LogP) is 2.48. The fourth-order valence-electron chi connectivity index (χ4n) is 2.11.